The fourth-order valence-electron chi connectivity index (χ4n) is 4.98. The first-order chi connectivity index (χ1) is 20.6. The maximum absolute atomic E-state index is 13.1. The molecule has 4 rings (SSSR count). The lowest BCUT2D eigenvalue weighted by molar-refractivity contribution is -0.140. The number of carboxylic acid groups (broad SMARTS) is 3. The fourth-order valence-corrected chi connectivity index (χ4v) is 5.95. The van der Waals surface area contributed by atoms with Gasteiger partial charge in [-0.2, -0.15) is 0 Å². The standard InChI is InChI=1S/C29H36N6O7S/c36-25(31-21-7-5-20(6-8-21)29-32-23-3-1-2-4-24(23)43-29)15-22-16-35(19-28(41)42)14-13-34(18-27(39)40)12-11-33(10-9-30-22)17-26(37)38/h1-8,22,30H,9-19H2,(H,31,36)(H,37,38)(H,39,40)(H,41,42). The highest BCUT2D eigenvalue weighted by Gasteiger charge is 2.23. The third-order valence-corrected chi connectivity index (χ3v) is 8.11. The zero-order valence-electron chi connectivity index (χ0n) is 23.6. The van der Waals surface area contributed by atoms with Gasteiger partial charge in [0.15, 0.2) is 0 Å². The lowest BCUT2D eigenvalue weighted by Crippen LogP contribution is -2.51. The van der Waals surface area contributed by atoms with Crippen LogP contribution in [0.2, 0.25) is 0 Å². The van der Waals surface area contributed by atoms with Crippen LogP contribution < -0.4 is 10.6 Å². The quantitative estimate of drug-likeness (QED) is 0.223. The minimum Gasteiger partial charge on any atom is -0.480 e. The number of carboxylic acids is 3. The van der Waals surface area contributed by atoms with E-state index in [-0.39, 0.29) is 51.6 Å². The van der Waals surface area contributed by atoms with Gasteiger partial charge in [0.25, 0.3) is 0 Å². The highest BCUT2D eigenvalue weighted by Crippen LogP contribution is 2.30. The SMILES string of the molecule is O=C(O)CN1CCNC(CC(=O)Nc2ccc(-c3nc4ccccc4s3)cc2)CN(CC(=O)O)CCN(CC(=O)O)CC1. The Hall–Kier alpha value is -3.95. The number of benzene rings is 2. The zero-order chi connectivity index (χ0) is 30.8. The molecule has 0 radical (unpaired) electrons. The van der Waals surface area contributed by atoms with Crippen LogP contribution >= 0.6 is 11.3 Å². The van der Waals surface area contributed by atoms with Crippen molar-refractivity contribution in [3.8, 4) is 10.6 Å². The molecular formula is C29H36N6O7S. The number of carbonyl (C=O) groups excluding carboxylic acids is 1. The van der Waals surface area contributed by atoms with Crippen LogP contribution in [0.4, 0.5) is 5.69 Å². The van der Waals surface area contributed by atoms with Gasteiger partial charge < -0.3 is 26.0 Å². The van der Waals surface area contributed by atoms with Gasteiger partial charge in [-0.15, -0.1) is 11.3 Å². The van der Waals surface area contributed by atoms with Crippen LogP contribution in [-0.2, 0) is 19.2 Å². The predicted octanol–water partition coefficient (Wildman–Crippen LogP) is 1.42. The normalized spacial score (nSPS) is 18.0. The summed E-state index contributed by atoms with van der Waals surface area (Å²) in [5.74, 6) is -3.30. The molecule has 1 aromatic heterocycles. The van der Waals surface area contributed by atoms with E-state index in [2.05, 4.69) is 15.6 Å². The third-order valence-electron chi connectivity index (χ3n) is 7.02. The Morgan fingerprint density at radius 3 is 2.02 bits per heavy atom. The average Bonchev–Trinajstić information content (AvgIpc) is 3.37. The number of fused-ring (bicyclic) bond motifs is 1. The molecule has 2 heterocycles. The molecule has 1 saturated heterocycles. The predicted molar refractivity (Wildman–Crippen MR) is 162 cm³/mol. The van der Waals surface area contributed by atoms with Crippen molar-refractivity contribution >= 4 is 51.1 Å². The molecule has 14 heteroatoms. The van der Waals surface area contributed by atoms with Crippen LogP contribution in [0.3, 0.4) is 0 Å². The number of aromatic nitrogens is 1. The van der Waals surface area contributed by atoms with Gasteiger partial charge in [0.1, 0.15) is 5.01 Å². The molecular weight excluding hydrogens is 576 g/mol. The molecule has 0 saturated carbocycles. The number of nitrogens with one attached hydrogen (secondary N) is 2. The molecule has 5 N–H and O–H groups in total. The number of nitrogens with zero attached hydrogens (tertiary/aromatic N) is 4. The van der Waals surface area contributed by atoms with Crippen molar-refractivity contribution in [1.29, 1.82) is 0 Å². The molecule has 1 amide bonds. The molecule has 0 spiro atoms. The summed E-state index contributed by atoms with van der Waals surface area (Å²) in [6.07, 6.45) is 0.0491. The summed E-state index contributed by atoms with van der Waals surface area (Å²) in [5, 5.41) is 35.2. The van der Waals surface area contributed by atoms with Crippen LogP contribution in [0.15, 0.2) is 48.5 Å². The summed E-state index contributed by atoms with van der Waals surface area (Å²) in [5.41, 5.74) is 2.48. The Balaban J connectivity index is 1.42. The second kappa shape index (κ2) is 15.5. The summed E-state index contributed by atoms with van der Waals surface area (Å²) in [4.78, 5) is 57.2. The van der Waals surface area contributed by atoms with Crippen molar-refractivity contribution in [3.63, 3.8) is 0 Å². The van der Waals surface area contributed by atoms with Crippen molar-refractivity contribution in [3.05, 3.63) is 48.5 Å². The summed E-state index contributed by atoms with van der Waals surface area (Å²) < 4.78 is 1.09. The van der Waals surface area contributed by atoms with Crippen molar-refractivity contribution in [2.24, 2.45) is 0 Å². The van der Waals surface area contributed by atoms with Gasteiger partial charge in [0, 0.05) is 69.5 Å². The second-order valence-corrected chi connectivity index (χ2v) is 11.5. The minimum atomic E-state index is -1.03. The molecule has 1 unspecified atom stereocenters. The molecule has 43 heavy (non-hydrogen) atoms. The number of amides is 1. The minimum absolute atomic E-state index is 0.0491. The summed E-state index contributed by atoms with van der Waals surface area (Å²) >= 11 is 1.59. The zero-order valence-corrected chi connectivity index (χ0v) is 24.5. The van der Waals surface area contributed by atoms with Crippen molar-refractivity contribution in [1.82, 2.24) is 25.0 Å². The number of anilines is 1. The Morgan fingerprint density at radius 2 is 1.40 bits per heavy atom. The van der Waals surface area contributed by atoms with E-state index in [4.69, 9.17) is 0 Å². The van der Waals surface area contributed by atoms with Crippen LogP contribution in [0, 0.1) is 0 Å². The van der Waals surface area contributed by atoms with E-state index in [1.807, 2.05) is 48.5 Å². The number of carbonyl (C=O) groups is 4. The number of para-hydroxylation sites is 1. The first-order valence-electron chi connectivity index (χ1n) is 14.0. The molecule has 230 valence electrons. The fraction of sp³-hybridized carbons (Fsp3) is 0.414. The maximum Gasteiger partial charge on any atom is 0.317 e. The number of hydrogen-bond acceptors (Lipinski definition) is 10. The Bertz CT molecular complexity index is 1380. The summed E-state index contributed by atoms with van der Waals surface area (Å²) in [6, 6.07) is 14.9. The van der Waals surface area contributed by atoms with Crippen molar-refractivity contribution < 1.29 is 34.5 Å². The summed E-state index contributed by atoms with van der Waals surface area (Å²) in [7, 11) is 0. The third kappa shape index (κ3) is 10.4. The lowest BCUT2D eigenvalue weighted by Gasteiger charge is -2.32. The van der Waals surface area contributed by atoms with Crippen molar-refractivity contribution in [2.45, 2.75) is 12.5 Å². The van der Waals surface area contributed by atoms with E-state index in [9.17, 15) is 34.5 Å². The van der Waals surface area contributed by atoms with Gasteiger partial charge >= 0.3 is 17.9 Å². The Labute approximate surface area is 252 Å². The van der Waals surface area contributed by atoms with Crippen LogP contribution in [0.5, 0.6) is 0 Å². The monoisotopic (exact) mass is 612 g/mol. The Morgan fingerprint density at radius 1 is 0.814 bits per heavy atom. The van der Waals surface area contributed by atoms with Crippen molar-refractivity contribution in [2.75, 3.05) is 70.8 Å². The molecule has 13 nitrogen and oxygen atoms in total. The van der Waals surface area contributed by atoms with Crippen LogP contribution in [-0.4, -0.2) is 130 Å². The largest absolute Gasteiger partial charge is 0.480 e. The van der Waals surface area contributed by atoms with E-state index in [0.717, 1.165) is 20.8 Å². The number of thiazole rings is 1. The first-order valence-corrected chi connectivity index (χ1v) is 14.8. The molecule has 0 bridgehead atoms. The van der Waals surface area contributed by atoms with Gasteiger partial charge in [-0.25, -0.2) is 4.98 Å². The highest BCUT2D eigenvalue weighted by molar-refractivity contribution is 7.21. The Kier molecular flexibility index (Phi) is 11.5. The molecule has 0 aliphatic carbocycles. The van der Waals surface area contributed by atoms with Gasteiger partial charge in [0.05, 0.1) is 29.9 Å². The molecule has 1 fully saturated rings. The van der Waals surface area contributed by atoms with E-state index < -0.39 is 23.9 Å². The van der Waals surface area contributed by atoms with Gasteiger partial charge in [-0.05, 0) is 36.4 Å². The molecule has 3 aromatic rings. The highest BCUT2D eigenvalue weighted by atomic mass is 32.1. The lowest BCUT2D eigenvalue weighted by atomic mass is 10.1. The molecule has 1 atom stereocenters. The van der Waals surface area contributed by atoms with E-state index in [1.54, 1.807) is 26.0 Å². The van der Waals surface area contributed by atoms with Gasteiger partial charge in [0.2, 0.25) is 5.91 Å². The topological polar surface area (TPSA) is 176 Å². The number of hydrogen-bond donors (Lipinski definition) is 5. The van der Waals surface area contributed by atoms with E-state index in [0.29, 0.717) is 31.9 Å². The van der Waals surface area contributed by atoms with Gasteiger partial charge in [-0.3, -0.25) is 33.9 Å². The number of aliphatic carboxylic acids is 3. The maximum atomic E-state index is 13.1. The van der Waals surface area contributed by atoms with E-state index in [1.165, 1.54) is 0 Å². The van der Waals surface area contributed by atoms with Crippen LogP contribution in [0.25, 0.3) is 20.8 Å². The van der Waals surface area contributed by atoms with E-state index >= 15 is 0 Å². The summed E-state index contributed by atoms with van der Waals surface area (Å²) in [6.45, 7) is 1.44. The number of rotatable bonds is 10. The first kappa shape index (κ1) is 32.0. The van der Waals surface area contributed by atoms with Crippen LogP contribution in [0.1, 0.15) is 6.42 Å². The average molecular weight is 613 g/mol. The van der Waals surface area contributed by atoms with Gasteiger partial charge in [-0.1, -0.05) is 12.1 Å². The molecule has 2 aromatic carbocycles. The molecule has 1 aliphatic rings. The smallest absolute Gasteiger partial charge is 0.317 e. The second-order valence-electron chi connectivity index (χ2n) is 10.4. The molecule has 1 aliphatic heterocycles.